The van der Waals surface area contributed by atoms with Crippen LogP contribution in [0.15, 0.2) is 158 Å². The molecule has 228 valence electrons. The molecule has 0 saturated heterocycles. The topological polar surface area (TPSA) is 53.5 Å². The SMILES string of the molecule is c1cc2c3ccc4c5c(nc(-c6ccccc6)n5-c5ccccc5)n(-c5ccccc5)c4c3n(-c3ccc(-c4ccccn4)cn3)c2cc#1. The van der Waals surface area contributed by atoms with Crippen LogP contribution in [0.5, 0.6) is 0 Å². The van der Waals surface area contributed by atoms with Crippen molar-refractivity contribution in [3.05, 3.63) is 170 Å². The number of para-hydroxylation sites is 2. The van der Waals surface area contributed by atoms with Gasteiger partial charge in [-0.2, -0.15) is 0 Å². The number of benzene rings is 4. The summed E-state index contributed by atoms with van der Waals surface area (Å²) in [5.41, 5.74) is 10.00. The molecule has 0 radical (unpaired) electrons. The van der Waals surface area contributed by atoms with E-state index in [1.54, 1.807) is 6.20 Å². The van der Waals surface area contributed by atoms with Crippen molar-refractivity contribution in [3.63, 3.8) is 0 Å². The Kier molecular flexibility index (Phi) is 5.99. The van der Waals surface area contributed by atoms with Crippen molar-refractivity contribution in [2.75, 3.05) is 0 Å². The molecule has 6 nitrogen and oxygen atoms in total. The van der Waals surface area contributed by atoms with Crippen molar-refractivity contribution < 1.29 is 0 Å². The zero-order chi connectivity index (χ0) is 32.3. The molecule has 0 amide bonds. The molecular formula is C43H26N6. The molecule has 5 heterocycles. The lowest BCUT2D eigenvalue weighted by atomic mass is 10.1. The normalized spacial score (nSPS) is 11.5. The van der Waals surface area contributed by atoms with E-state index >= 15 is 0 Å². The summed E-state index contributed by atoms with van der Waals surface area (Å²) in [5, 5.41) is 3.28. The Morgan fingerprint density at radius 1 is 0.469 bits per heavy atom. The lowest BCUT2D eigenvalue weighted by Gasteiger charge is -2.12. The maximum Gasteiger partial charge on any atom is 0.165 e. The van der Waals surface area contributed by atoms with Gasteiger partial charge in [0, 0.05) is 57.1 Å². The molecular weight excluding hydrogens is 601 g/mol. The average molecular weight is 627 g/mol. The Bertz CT molecular complexity index is 2780. The molecule has 0 bridgehead atoms. The molecule has 0 atom stereocenters. The number of rotatable bonds is 5. The van der Waals surface area contributed by atoms with Crippen LogP contribution in [0.4, 0.5) is 0 Å². The molecule has 0 fully saturated rings. The van der Waals surface area contributed by atoms with E-state index in [0.29, 0.717) is 0 Å². The first-order valence-electron chi connectivity index (χ1n) is 16.2. The number of imidazole rings is 1. The summed E-state index contributed by atoms with van der Waals surface area (Å²) < 4.78 is 6.86. The Labute approximate surface area is 281 Å². The van der Waals surface area contributed by atoms with E-state index in [4.69, 9.17) is 9.97 Å². The van der Waals surface area contributed by atoms with E-state index in [1.807, 2.05) is 42.6 Å². The molecule has 10 aromatic rings. The second-order valence-corrected chi connectivity index (χ2v) is 12.0. The van der Waals surface area contributed by atoms with E-state index in [1.165, 1.54) is 0 Å². The van der Waals surface area contributed by atoms with Gasteiger partial charge in [-0.15, -0.1) is 0 Å². The minimum atomic E-state index is 0.807. The van der Waals surface area contributed by atoms with E-state index in [9.17, 15) is 0 Å². The Morgan fingerprint density at radius 2 is 1.14 bits per heavy atom. The van der Waals surface area contributed by atoms with Gasteiger partial charge in [0.15, 0.2) is 5.65 Å². The van der Waals surface area contributed by atoms with Gasteiger partial charge < -0.3 is 0 Å². The van der Waals surface area contributed by atoms with Gasteiger partial charge in [-0.1, -0.05) is 91.0 Å². The maximum atomic E-state index is 5.46. The number of hydrogen-bond donors (Lipinski definition) is 0. The van der Waals surface area contributed by atoms with Crippen LogP contribution in [0.1, 0.15) is 0 Å². The standard InChI is InChI=1S/C43H26N6/c1-4-14-29(15-5-1)42-46-43-41(48(42)32-18-8-3-9-19-32)35-25-24-34-33-20-10-11-22-37(33)49(39(34)40(35)47(43)31-16-6-2-7-17-31)38-26-23-30(28-45-38)36-21-12-13-27-44-36/h1-9,12-28H. The predicted molar refractivity (Wildman–Crippen MR) is 196 cm³/mol. The van der Waals surface area contributed by atoms with Crippen molar-refractivity contribution in [1.82, 2.24) is 28.7 Å². The van der Waals surface area contributed by atoms with Crippen LogP contribution in [-0.2, 0) is 0 Å². The molecule has 49 heavy (non-hydrogen) atoms. The minimum Gasteiger partial charge on any atom is -0.291 e. The lowest BCUT2D eigenvalue weighted by molar-refractivity contribution is 1.07. The molecule has 0 spiro atoms. The van der Waals surface area contributed by atoms with Crippen molar-refractivity contribution in [1.29, 1.82) is 0 Å². The monoisotopic (exact) mass is 626 g/mol. The molecule has 0 aliphatic rings. The summed E-state index contributed by atoms with van der Waals surface area (Å²) in [5.74, 6) is 1.70. The summed E-state index contributed by atoms with van der Waals surface area (Å²) >= 11 is 0. The number of nitrogens with zero attached hydrogens (tertiary/aromatic N) is 6. The second-order valence-electron chi connectivity index (χ2n) is 12.0. The van der Waals surface area contributed by atoms with Gasteiger partial charge in [-0.25, -0.2) is 9.97 Å². The molecule has 0 aliphatic carbocycles. The van der Waals surface area contributed by atoms with Gasteiger partial charge in [-0.3, -0.25) is 18.7 Å². The zero-order valence-corrected chi connectivity index (χ0v) is 26.2. The van der Waals surface area contributed by atoms with Crippen molar-refractivity contribution in [2.45, 2.75) is 0 Å². The van der Waals surface area contributed by atoms with Crippen molar-refractivity contribution in [3.8, 4) is 39.8 Å². The Morgan fingerprint density at radius 3 is 1.86 bits per heavy atom. The number of hydrogen-bond acceptors (Lipinski definition) is 3. The highest BCUT2D eigenvalue weighted by Crippen LogP contribution is 2.43. The van der Waals surface area contributed by atoms with Crippen LogP contribution >= 0.6 is 0 Å². The second kappa shape index (κ2) is 10.8. The zero-order valence-electron chi connectivity index (χ0n) is 26.2. The quantitative estimate of drug-likeness (QED) is 0.191. The fraction of sp³-hybridized carbons (Fsp3) is 0. The van der Waals surface area contributed by atoms with Gasteiger partial charge in [0.2, 0.25) is 0 Å². The first-order valence-corrected chi connectivity index (χ1v) is 16.2. The van der Waals surface area contributed by atoms with Crippen molar-refractivity contribution in [2.24, 2.45) is 0 Å². The van der Waals surface area contributed by atoms with Crippen LogP contribution in [0, 0.1) is 12.1 Å². The maximum absolute atomic E-state index is 5.46. The third-order valence-electron chi connectivity index (χ3n) is 9.24. The summed E-state index contributed by atoms with van der Waals surface area (Å²) in [6, 6.07) is 56.4. The highest BCUT2D eigenvalue weighted by molar-refractivity contribution is 6.23. The molecule has 0 aliphatic heterocycles. The highest BCUT2D eigenvalue weighted by atomic mass is 15.2. The molecule has 0 unspecified atom stereocenters. The van der Waals surface area contributed by atoms with Crippen LogP contribution in [0.2, 0.25) is 0 Å². The van der Waals surface area contributed by atoms with Gasteiger partial charge in [0.1, 0.15) is 17.2 Å². The average Bonchev–Trinajstić information content (AvgIpc) is 3.83. The Balaban J connectivity index is 1.37. The smallest absolute Gasteiger partial charge is 0.165 e. The first-order chi connectivity index (χ1) is 24.3. The third-order valence-corrected chi connectivity index (χ3v) is 9.24. The highest BCUT2D eigenvalue weighted by Gasteiger charge is 2.27. The summed E-state index contributed by atoms with van der Waals surface area (Å²) in [7, 11) is 0. The minimum absolute atomic E-state index is 0.807. The van der Waals surface area contributed by atoms with Crippen LogP contribution in [0.3, 0.4) is 0 Å². The molecule has 6 heteroatoms. The fourth-order valence-electron chi connectivity index (χ4n) is 7.13. The molecule has 5 aromatic carbocycles. The largest absolute Gasteiger partial charge is 0.291 e. The summed E-state index contributed by atoms with van der Waals surface area (Å²) in [6.45, 7) is 0. The Hall–Kier alpha value is -6.97. The van der Waals surface area contributed by atoms with Gasteiger partial charge in [0.05, 0.1) is 22.2 Å². The number of aromatic nitrogens is 6. The van der Waals surface area contributed by atoms with Gasteiger partial charge in [-0.05, 0) is 60.7 Å². The van der Waals surface area contributed by atoms with Gasteiger partial charge >= 0.3 is 0 Å². The molecule has 0 N–H and O–H groups in total. The van der Waals surface area contributed by atoms with E-state index in [2.05, 4.69) is 140 Å². The number of pyridine rings is 2. The van der Waals surface area contributed by atoms with E-state index in [-0.39, 0.29) is 0 Å². The first kappa shape index (κ1) is 27.2. The predicted octanol–water partition coefficient (Wildman–Crippen LogP) is 9.79. The molecule has 5 aromatic heterocycles. The number of fused-ring (bicyclic) bond motifs is 7. The van der Waals surface area contributed by atoms with Crippen LogP contribution in [-0.4, -0.2) is 28.7 Å². The van der Waals surface area contributed by atoms with Gasteiger partial charge in [0.25, 0.3) is 0 Å². The summed E-state index contributed by atoms with van der Waals surface area (Å²) in [6.07, 6.45) is 3.71. The lowest BCUT2D eigenvalue weighted by Crippen LogP contribution is -2.01. The third kappa shape index (κ3) is 4.13. The van der Waals surface area contributed by atoms with Crippen molar-refractivity contribution >= 4 is 43.9 Å². The van der Waals surface area contributed by atoms with Crippen LogP contribution in [0.25, 0.3) is 83.7 Å². The van der Waals surface area contributed by atoms with Crippen LogP contribution < -0.4 is 0 Å². The summed E-state index contributed by atoms with van der Waals surface area (Å²) in [4.78, 5) is 15.0. The molecule has 0 saturated carbocycles. The molecule has 10 rings (SSSR count). The fourth-order valence-corrected chi connectivity index (χ4v) is 7.13. The van der Waals surface area contributed by atoms with E-state index < -0.39 is 0 Å². The van der Waals surface area contributed by atoms with E-state index in [0.717, 1.165) is 83.7 Å².